The van der Waals surface area contributed by atoms with Gasteiger partial charge >= 0.3 is 5.97 Å². The SMILES string of the molecule is CC(NC(=O)COC(=O)c1nn(-c2ccccc2)c(=O)c2ccccc12)c1cccc2ccccc12. The molecule has 0 saturated heterocycles. The molecule has 4 aromatic carbocycles. The van der Waals surface area contributed by atoms with Gasteiger partial charge in [0.15, 0.2) is 12.3 Å². The van der Waals surface area contributed by atoms with E-state index in [9.17, 15) is 14.4 Å². The first-order valence-electron chi connectivity index (χ1n) is 11.5. The first-order chi connectivity index (χ1) is 17.5. The zero-order valence-electron chi connectivity index (χ0n) is 19.5. The van der Waals surface area contributed by atoms with Gasteiger partial charge in [-0.25, -0.2) is 4.79 Å². The van der Waals surface area contributed by atoms with Crippen LogP contribution in [0.15, 0.2) is 102 Å². The molecule has 1 aromatic heterocycles. The van der Waals surface area contributed by atoms with Crippen molar-refractivity contribution in [2.45, 2.75) is 13.0 Å². The van der Waals surface area contributed by atoms with Crippen LogP contribution in [0, 0.1) is 0 Å². The molecule has 1 heterocycles. The Morgan fingerprint density at radius 3 is 2.25 bits per heavy atom. The van der Waals surface area contributed by atoms with Crippen molar-refractivity contribution in [2.24, 2.45) is 0 Å². The van der Waals surface area contributed by atoms with Gasteiger partial charge in [0, 0.05) is 5.39 Å². The monoisotopic (exact) mass is 477 g/mol. The molecule has 0 saturated carbocycles. The van der Waals surface area contributed by atoms with Crippen molar-refractivity contribution < 1.29 is 14.3 Å². The first-order valence-corrected chi connectivity index (χ1v) is 11.5. The highest BCUT2D eigenvalue weighted by atomic mass is 16.5. The van der Waals surface area contributed by atoms with E-state index in [2.05, 4.69) is 10.4 Å². The van der Waals surface area contributed by atoms with Crippen LogP contribution in [-0.2, 0) is 9.53 Å². The maximum absolute atomic E-state index is 13.0. The molecule has 7 heteroatoms. The summed E-state index contributed by atoms with van der Waals surface area (Å²) < 4.78 is 6.49. The number of rotatable bonds is 6. The summed E-state index contributed by atoms with van der Waals surface area (Å²) in [6.07, 6.45) is 0. The number of carbonyl (C=O) groups excluding carboxylic acids is 2. The third-order valence-electron chi connectivity index (χ3n) is 6.00. The average molecular weight is 478 g/mol. The van der Waals surface area contributed by atoms with Crippen molar-refractivity contribution in [1.82, 2.24) is 15.1 Å². The molecule has 7 nitrogen and oxygen atoms in total. The van der Waals surface area contributed by atoms with Gasteiger partial charge in [-0.15, -0.1) is 0 Å². The molecule has 5 aromatic rings. The predicted molar refractivity (Wildman–Crippen MR) is 138 cm³/mol. The molecule has 1 amide bonds. The number of amides is 1. The molecule has 0 bridgehead atoms. The van der Waals surface area contributed by atoms with Gasteiger partial charge in [-0.3, -0.25) is 9.59 Å². The van der Waals surface area contributed by atoms with Gasteiger partial charge in [0.05, 0.1) is 17.1 Å². The fourth-order valence-electron chi connectivity index (χ4n) is 4.27. The van der Waals surface area contributed by atoms with E-state index >= 15 is 0 Å². The van der Waals surface area contributed by atoms with Crippen molar-refractivity contribution in [1.29, 1.82) is 0 Å². The topological polar surface area (TPSA) is 90.3 Å². The average Bonchev–Trinajstić information content (AvgIpc) is 2.92. The number of ether oxygens (including phenoxy) is 1. The molecule has 0 aliphatic carbocycles. The first kappa shape index (κ1) is 23.0. The Bertz CT molecular complexity index is 1640. The van der Waals surface area contributed by atoms with Crippen molar-refractivity contribution in [3.63, 3.8) is 0 Å². The third-order valence-corrected chi connectivity index (χ3v) is 6.00. The van der Waals surface area contributed by atoms with E-state index in [1.165, 1.54) is 4.68 Å². The molecule has 1 unspecified atom stereocenters. The Balaban J connectivity index is 1.36. The number of esters is 1. The van der Waals surface area contributed by atoms with Crippen molar-refractivity contribution >= 4 is 33.4 Å². The van der Waals surface area contributed by atoms with Crippen LogP contribution in [0.25, 0.3) is 27.2 Å². The molecular formula is C29H23N3O4. The highest BCUT2D eigenvalue weighted by molar-refractivity contribution is 6.02. The number of nitrogens with zero attached hydrogens (tertiary/aromatic N) is 2. The minimum absolute atomic E-state index is 0.0380. The lowest BCUT2D eigenvalue weighted by Gasteiger charge is -2.17. The molecule has 0 spiro atoms. The van der Waals surface area contributed by atoms with Gasteiger partial charge in [0.1, 0.15) is 0 Å². The lowest BCUT2D eigenvalue weighted by atomic mass is 10.00. The maximum atomic E-state index is 13.0. The Morgan fingerprint density at radius 1 is 0.833 bits per heavy atom. The van der Waals surface area contributed by atoms with Crippen LogP contribution >= 0.6 is 0 Å². The van der Waals surface area contributed by atoms with Crippen molar-refractivity contribution in [2.75, 3.05) is 6.61 Å². The number of fused-ring (bicyclic) bond motifs is 2. The summed E-state index contributed by atoms with van der Waals surface area (Å²) in [6, 6.07) is 29.1. The number of aromatic nitrogens is 2. The fraction of sp³-hybridized carbons (Fsp3) is 0.103. The van der Waals surface area contributed by atoms with Gasteiger partial charge in [0.2, 0.25) is 0 Å². The predicted octanol–water partition coefficient (Wildman–Crippen LogP) is 4.57. The number of para-hydroxylation sites is 1. The van der Waals surface area contributed by atoms with Crippen LogP contribution in [0.5, 0.6) is 0 Å². The second-order valence-electron chi connectivity index (χ2n) is 8.38. The molecular weight excluding hydrogens is 454 g/mol. The van der Waals surface area contributed by atoms with Crippen molar-refractivity contribution in [3.05, 3.63) is 119 Å². The molecule has 0 radical (unpaired) electrons. The molecule has 36 heavy (non-hydrogen) atoms. The number of hydrogen-bond donors (Lipinski definition) is 1. The minimum atomic E-state index is -0.788. The summed E-state index contributed by atoms with van der Waals surface area (Å²) in [6.45, 7) is 1.40. The van der Waals surface area contributed by atoms with E-state index in [0.29, 0.717) is 16.5 Å². The Hall–Kier alpha value is -4.78. The van der Waals surface area contributed by atoms with E-state index in [1.807, 2.05) is 55.5 Å². The van der Waals surface area contributed by atoms with E-state index in [1.54, 1.807) is 48.5 Å². The van der Waals surface area contributed by atoms with Crippen LogP contribution in [-0.4, -0.2) is 28.3 Å². The second kappa shape index (κ2) is 9.84. The summed E-state index contributed by atoms with van der Waals surface area (Å²) in [5, 5.41) is 9.99. The number of hydrogen-bond acceptors (Lipinski definition) is 5. The van der Waals surface area contributed by atoms with Gasteiger partial charge in [-0.2, -0.15) is 9.78 Å². The van der Waals surface area contributed by atoms with Crippen LogP contribution in [0.2, 0.25) is 0 Å². The van der Waals surface area contributed by atoms with Gasteiger partial charge in [-0.05, 0) is 41.5 Å². The summed E-state index contributed by atoms with van der Waals surface area (Å²) in [5.41, 5.74) is 1.10. The van der Waals surface area contributed by atoms with E-state index in [0.717, 1.165) is 16.3 Å². The summed E-state index contributed by atoms with van der Waals surface area (Å²) in [7, 11) is 0. The molecule has 1 atom stereocenters. The summed E-state index contributed by atoms with van der Waals surface area (Å²) >= 11 is 0. The normalized spacial score (nSPS) is 11.8. The Labute approximate surface area is 206 Å². The second-order valence-corrected chi connectivity index (χ2v) is 8.38. The maximum Gasteiger partial charge on any atom is 0.359 e. The van der Waals surface area contributed by atoms with Crippen LogP contribution in [0.1, 0.15) is 29.0 Å². The quantitative estimate of drug-likeness (QED) is 0.362. The largest absolute Gasteiger partial charge is 0.451 e. The third kappa shape index (κ3) is 4.46. The van der Waals surface area contributed by atoms with Crippen LogP contribution in [0.4, 0.5) is 0 Å². The van der Waals surface area contributed by atoms with E-state index in [4.69, 9.17) is 4.74 Å². The van der Waals surface area contributed by atoms with E-state index in [-0.39, 0.29) is 17.3 Å². The Kier molecular flexibility index (Phi) is 6.28. The highest BCUT2D eigenvalue weighted by Crippen LogP contribution is 2.24. The minimum Gasteiger partial charge on any atom is -0.451 e. The Morgan fingerprint density at radius 2 is 1.47 bits per heavy atom. The standard InChI is InChI=1S/C29H23N3O4/c1-19(22-17-9-11-20-10-5-6-14-23(20)22)30-26(33)18-36-29(35)27-24-15-7-8-16-25(24)28(34)32(31-27)21-12-3-2-4-13-21/h2-17,19H,18H2,1H3,(H,30,33). The van der Waals surface area contributed by atoms with Gasteiger partial charge < -0.3 is 10.1 Å². The molecule has 0 fully saturated rings. The van der Waals surface area contributed by atoms with E-state index < -0.39 is 18.5 Å². The zero-order chi connectivity index (χ0) is 25.1. The lowest BCUT2D eigenvalue weighted by molar-refractivity contribution is -0.124. The van der Waals surface area contributed by atoms with Crippen LogP contribution in [0.3, 0.4) is 0 Å². The highest BCUT2D eigenvalue weighted by Gasteiger charge is 2.20. The number of carbonyl (C=O) groups is 2. The number of benzene rings is 4. The molecule has 178 valence electrons. The number of nitrogens with one attached hydrogen (secondary N) is 1. The summed E-state index contributed by atoms with van der Waals surface area (Å²) in [5.74, 6) is -1.23. The lowest BCUT2D eigenvalue weighted by Crippen LogP contribution is -2.32. The van der Waals surface area contributed by atoms with Crippen LogP contribution < -0.4 is 10.9 Å². The smallest absolute Gasteiger partial charge is 0.359 e. The van der Waals surface area contributed by atoms with Crippen molar-refractivity contribution in [3.8, 4) is 5.69 Å². The van der Waals surface area contributed by atoms with Gasteiger partial charge in [0.25, 0.3) is 11.5 Å². The molecule has 5 rings (SSSR count). The molecule has 0 aliphatic heterocycles. The molecule has 0 aliphatic rings. The van der Waals surface area contributed by atoms with Gasteiger partial charge in [-0.1, -0.05) is 78.9 Å². The fourth-order valence-corrected chi connectivity index (χ4v) is 4.27. The zero-order valence-corrected chi connectivity index (χ0v) is 19.5. The molecule has 1 N–H and O–H groups in total. The summed E-state index contributed by atoms with van der Waals surface area (Å²) in [4.78, 5) is 38.7.